The van der Waals surface area contributed by atoms with Gasteiger partial charge in [0.25, 0.3) is 0 Å². The van der Waals surface area contributed by atoms with E-state index in [1.165, 1.54) is 13.2 Å². The Bertz CT molecular complexity index is 728. The van der Waals surface area contributed by atoms with Gasteiger partial charge in [0.05, 0.1) is 18.2 Å². The van der Waals surface area contributed by atoms with Gasteiger partial charge in [0.15, 0.2) is 5.75 Å². The number of methoxy groups -OCH3 is 1. The number of halogens is 2. The lowest BCUT2D eigenvalue weighted by Gasteiger charge is -2.21. The molecule has 148 valence electrons. The van der Waals surface area contributed by atoms with Crippen molar-refractivity contribution in [3.8, 4) is 5.75 Å². The largest absolute Gasteiger partial charge is 0.494 e. The van der Waals surface area contributed by atoms with E-state index in [9.17, 15) is 13.2 Å². The average Bonchev–Trinajstić information content (AvgIpc) is 2.51. The van der Waals surface area contributed by atoms with Gasteiger partial charge in [0.1, 0.15) is 4.90 Å². The molecule has 1 rings (SSSR count). The van der Waals surface area contributed by atoms with E-state index in [1.807, 2.05) is 13.8 Å². The topological polar surface area (TPSA) is 93.7 Å². The zero-order valence-corrected chi connectivity index (χ0v) is 18.3. The van der Waals surface area contributed by atoms with Crippen molar-refractivity contribution in [1.29, 1.82) is 0 Å². The van der Waals surface area contributed by atoms with Gasteiger partial charge in [0.2, 0.25) is 10.0 Å². The molecular formula is C16H24BrClN2O5S. The van der Waals surface area contributed by atoms with Crippen LogP contribution >= 0.6 is 27.5 Å². The highest BCUT2D eigenvalue weighted by atomic mass is 79.9. The predicted molar refractivity (Wildman–Crippen MR) is 104 cm³/mol. The number of carbonyl (C=O) groups is 1. The molecule has 7 nitrogen and oxygen atoms in total. The molecule has 0 aliphatic carbocycles. The second-order valence-corrected chi connectivity index (χ2v) is 8.99. The first kappa shape index (κ1) is 23.0. The van der Waals surface area contributed by atoms with Crippen molar-refractivity contribution in [3.63, 3.8) is 0 Å². The molecule has 0 bridgehead atoms. The highest BCUT2D eigenvalue weighted by Crippen LogP contribution is 2.35. The van der Waals surface area contributed by atoms with Gasteiger partial charge in [-0.3, -0.25) is 0 Å². The van der Waals surface area contributed by atoms with Crippen molar-refractivity contribution < 1.29 is 22.7 Å². The smallest absolute Gasteiger partial charge is 0.407 e. The SMILES string of the molecule is CCOC(=O)NC(CNS(=O)(=O)c1cc(Cl)cc(Br)c1OC)CC(C)C. The third-order valence-corrected chi connectivity index (χ3v) is 5.58. The molecule has 0 saturated heterocycles. The summed E-state index contributed by atoms with van der Waals surface area (Å²) in [4.78, 5) is 11.6. The summed E-state index contributed by atoms with van der Waals surface area (Å²) in [6, 6.07) is 2.44. The number of alkyl carbamates (subject to hydrolysis) is 1. The third kappa shape index (κ3) is 6.94. The van der Waals surface area contributed by atoms with Gasteiger partial charge in [-0.2, -0.15) is 0 Å². The normalized spacial score (nSPS) is 12.7. The van der Waals surface area contributed by atoms with Crippen molar-refractivity contribution in [1.82, 2.24) is 10.0 Å². The van der Waals surface area contributed by atoms with E-state index >= 15 is 0 Å². The average molecular weight is 472 g/mol. The fraction of sp³-hybridized carbons (Fsp3) is 0.562. The van der Waals surface area contributed by atoms with Gasteiger partial charge in [-0.1, -0.05) is 25.4 Å². The monoisotopic (exact) mass is 470 g/mol. The Morgan fingerprint density at radius 2 is 2.00 bits per heavy atom. The molecule has 1 atom stereocenters. The second kappa shape index (κ2) is 10.3. The Kier molecular flexibility index (Phi) is 9.15. The van der Waals surface area contributed by atoms with E-state index in [2.05, 4.69) is 26.0 Å². The fourth-order valence-electron chi connectivity index (χ4n) is 2.32. The third-order valence-electron chi connectivity index (χ3n) is 3.34. The number of sulfonamides is 1. The van der Waals surface area contributed by atoms with Gasteiger partial charge in [-0.25, -0.2) is 17.9 Å². The first-order valence-electron chi connectivity index (χ1n) is 8.06. The van der Waals surface area contributed by atoms with Crippen molar-refractivity contribution >= 4 is 43.6 Å². The predicted octanol–water partition coefficient (Wildman–Crippen LogP) is 3.55. The highest BCUT2D eigenvalue weighted by molar-refractivity contribution is 9.10. The van der Waals surface area contributed by atoms with Gasteiger partial charge >= 0.3 is 6.09 Å². The van der Waals surface area contributed by atoms with Gasteiger partial charge in [-0.05, 0) is 47.3 Å². The molecule has 2 N–H and O–H groups in total. The molecule has 0 aliphatic rings. The van der Waals surface area contributed by atoms with E-state index in [0.717, 1.165) is 0 Å². The molecule has 1 aromatic rings. The first-order valence-corrected chi connectivity index (χ1v) is 10.7. The summed E-state index contributed by atoms with van der Waals surface area (Å²) < 4.78 is 38.4. The minimum Gasteiger partial charge on any atom is -0.494 e. The lowest BCUT2D eigenvalue weighted by atomic mass is 10.0. The summed E-state index contributed by atoms with van der Waals surface area (Å²) in [6.07, 6.45) is -0.00188. The Labute approximate surface area is 168 Å². The Hall–Kier alpha value is -1.03. The van der Waals surface area contributed by atoms with Crippen LogP contribution in [0.3, 0.4) is 0 Å². The number of ether oxygens (including phenoxy) is 2. The lowest BCUT2D eigenvalue weighted by Crippen LogP contribution is -2.44. The quantitative estimate of drug-likeness (QED) is 0.574. The van der Waals surface area contributed by atoms with Crippen LogP contribution in [0.25, 0.3) is 0 Å². The van der Waals surface area contributed by atoms with E-state index in [-0.39, 0.29) is 34.7 Å². The maximum Gasteiger partial charge on any atom is 0.407 e. The molecule has 1 aromatic carbocycles. The van der Waals surface area contributed by atoms with Crippen LogP contribution in [0.4, 0.5) is 4.79 Å². The van der Waals surface area contributed by atoms with Crippen LogP contribution < -0.4 is 14.8 Å². The van der Waals surface area contributed by atoms with Crippen LogP contribution in [0.2, 0.25) is 5.02 Å². The summed E-state index contributed by atoms with van der Waals surface area (Å²) in [5.41, 5.74) is 0. The molecular weight excluding hydrogens is 448 g/mol. The molecule has 1 amide bonds. The first-order chi connectivity index (χ1) is 12.1. The van der Waals surface area contributed by atoms with Gasteiger partial charge in [0, 0.05) is 17.6 Å². The molecule has 0 saturated carbocycles. The number of hydrogen-bond acceptors (Lipinski definition) is 5. The van der Waals surface area contributed by atoms with Crippen LogP contribution in [0, 0.1) is 5.92 Å². The Morgan fingerprint density at radius 1 is 1.35 bits per heavy atom. The minimum absolute atomic E-state index is 0.00656. The molecule has 0 aromatic heterocycles. The lowest BCUT2D eigenvalue weighted by molar-refractivity contribution is 0.146. The van der Waals surface area contributed by atoms with Crippen LogP contribution in [-0.2, 0) is 14.8 Å². The summed E-state index contributed by atoms with van der Waals surface area (Å²) >= 11 is 9.21. The van der Waals surface area contributed by atoms with Crippen molar-refractivity contribution in [2.45, 2.75) is 38.1 Å². The molecule has 10 heteroatoms. The molecule has 26 heavy (non-hydrogen) atoms. The van der Waals surface area contributed by atoms with Gasteiger partial charge in [-0.15, -0.1) is 0 Å². The van der Waals surface area contributed by atoms with Gasteiger partial charge < -0.3 is 14.8 Å². The second-order valence-electron chi connectivity index (χ2n) is 5.96. The Morgan fingerprint density at radius 3 is 2.54 bits per heavy atom. The van der Waals surface area contributed by atoms with Crippen LogP contribution in [0.1, 0.15) is 27.2 Å². The number of hydrogen-bond donors (Lipinski definition) is 2. The minimum atomic E-state index is -3.91. The zero-order chi connectivity index (χ0) is 19.9. The van der Waals surface area contributed by atoms with Crippen LogP contribution in [0.5, 0.6) is 5.75 Å². The molecule has 0 radical (unpaired) electrons. The maximum absolute atomic E-state index is 12.7. The van der Waals surface area contributed by atoms with Crippen LogP contribution in [-0.4, -0.2) is 40.8 Å². The van der Waals surface area contributed by atoms with E-state index < -0.39 is 22.2 Å². The molecule has 0 spiro atoms. The van der Waals surface area contributed by atoms with Crippen molar-refractivity contribution in [2.75, 3.05) is 20.3 Å². The van der Waals surface area contributed by atoms with E-state index in [0.29, 0.717) is 10.9 Å². The molecule has 0 aliphatic heterocycles. The van der Waals surface area contributed by atoms with Crippen molar-refractivity contribution in [3.05, 3.63) is 21.6 Å². The number of carbonyl (C=O) groups excluding carboxylic acids is 1. The standard InChI is InChI=1S/C16H24BrClN2O5S/c1-5-25-16(21)20-12(6-10(2)3)9-19-26(22,23)14-8-11(18)7-13(17)15(14)24-4/h7-8,10,12,19H,5-6,9H2,1-4H3,(H,20,21). The zero-order valence-electron chi connectivity index (χ0n) is 15.1. The summed E-state index contributed by atoms with van der Waals surface area (Å²) in [5, 5.41) is 2.92. The fourth-order valence-corrected chi connectivity index (χ4v) is 4.79. The number of rotatable bonds is 9. The van der Waals surface area contributed by atoms with E-state index in [1.54, 1.807) is 13.0 Å². The van der Waals surface area contributed by atoms with Crippen molar-refractivity contribution in [2.24, 2.45) is 5.92 Å². The van der Waals surface area contributed by atoms with Crippen LogP contribution in [0.15, 0.2) is 21.5 Å². The summed E-state index contributed by atoms with van der Waals surface area (Å²) in [6.45, 7) is 5.90. The van der Waals surface area contributed by atoms with E-state index in [4.69, 9.17) is 21.1 Å². The number of amides is 1. The summed E-state index contributed by atoms with van der Waals surface area (Å²) in [7, 11) is -2.54. The highest BCUT2D eigenvalue weighted by Gasteiger charge is 2.24. The number of benzene rings is 1. The molecule has 0 heterocycles. The number of nitrogens with one attached hydrogen (secondary N) is 2. The maximum atomic E-state index is 12.7. The Balaban J connectivity index is 2.98. The molecule has 0 fully saturated rings. The molecule has 1 unspecified atom stereocenters. The summed E-state index contributed by atoms with van der Waals surface area (Å²) in [5.74, 6) is 0.405.